The Morgan fingerprint density at radius 2 is 2.00 bits per heavy atom. The van der Waals surface area contributed by atoms with Crippen LogP contribution in [0.25, 0.3) is 0 Å². The van der Waals surface area contributed by atoms with Gasteiger partial charge in [0.15, 0.2) is 18.1 Å². The molecule has 1 aliphatic rings. The molecule has 3 rings (SSSR count). The molecule has 24 heavy (non-hydrogen) atoms. The zero-order valence-corrected chi connectivity index (χ0v) is 13.5. The lowest BCUT2D eigenvalue weighted by molar-refractivity contribution is -0.123. The second kappa shape index (κ2) is 7.70. The lowest BCUT2D eigenvalue weighted by atomic mass is 10.2. The van der Waals surface area contributed by atoms with Gasteiger partial charge in [-0.3, -0.25) is 4.79 Å². The number of fused-ring (bicyclic) bond motifs is 1. The van der Waals surface area contributed by atoms with Crippen molar-refractivity contribution in [1.29, 1.82) is 0 Å². The predicted molar refractivity (Wildman–Crippen MR) is 90.1 cm³/mol. The van der Waals surface area contributed by atoms with Gasteiger partial charge in [-0.05, 0) is 36.4 Å². The zero-order chi connectivity index (χ0) is 16.8. The molecule has 124 valence electrons. The smallest absolute Gasteiger partial charge is 0.277 e. The molecule has 0 saturated heterocycles. The minimum atomic E-state index is -0.372. The number of halogens is 1. The molecule has 0 radical (unpaired) electrons. The van der Waals surface area contributed by atoms with Crippen LogP contribution in [0.5, 0.6) is 17.2 Å². The van der Waals surface area contributed by atoms with Crippen molar-refractivity contribution in [3.8, 4) is 17.2 Å². The maximum Gasteiger partial charge on any atom is 0.277 e. The summed E-state index contributed by atoms with van der Waals surface area (Å²) in [4.78, 5) is 11.7. The highest BCUT2D eigenvalue weighted by Crippen LogP contribution is 2.32. The van der Waals surface area contributed by atoms with E-state index in [1.807, 2.05) is 18.2 Å². The summed E-state index contributed by atoms with van der Waals surface area (Å²) < 4.78 is 16.4. The molecule has 1 aliphatic heterocycles. The monoisotopic (exact) mass is 346 g/mol. The van der Waals surface area contributed by atoms with Gasteiger partial charge in [0, 0.05) is 10.6 Å². The zero-order valence-electron chi connectivity index (χ0n) is 12.7. The van der Waals surface area contributed by atoms with Crippen LogP contribution in [0.15, 0.2) is 47.6 Å². The van der Waals surface area contributed by atoms with Gasteiger partial charge in [-0.1, -0.05) is 17.7 Å². The number of carbonyl (C=O) groups is 1. The van der Waals surface area contributed by atoms with Crippen molar-refractivity contribution in [3.05, 3.63) is 53.1 Å². The van der Waals surface area contributed by atoms with Gasteiger partial charge in [0.2, 0.25) is 0 Å². The highest BCUT2D eigenvalue weighted by Gasteiger charge is 2.14. The van der Waals surface area contributed by atoms with Crippen molar-refractivity contribution in [1.82, 2.24) is 5.43 Å². The Morgan fingerprint density at radius 1 is 1.21 bits per heavy atom. The number of nitrogens with zero attached hydrogens (tertiary/aromatic N) is 1. The molecular weight excluding hydrogens is 332 g/mol. The number of nitrogens with one attached hydrogen (secondary N) is 1. The summed E-state index contributed by atoms with van der Waals surface area (Å²) in [5.41, 5.74) is 3.13. The summed E-state index contributed by atoms with van der Waals surface area (Å²) >= 11 is 5.78. The largest absolute Gasteiger partial charge is 0.486 e. The molecule has 0 spiro atoms. The minimum absolute atomic E-state index is 0.147. The van der Waals surface area contributed by atoms with Crippen LogP contribution in [0.1, 0.15) is 5.56 Å². The van der Waals surface area contributed by atoms with E-state index in [1.54, 1.807) is 24.3 Å². The van der Waals surface area contributed by atoms with Gasteiger partial charge in [0.05, 0.1) is 6.21 Å². The number of hydrazone groups is 1. The summed E-state index contributed by atoms with van der Waals surface area (Å²) in [6.45, 7) is 0.858. The number of ether oxygens (including phenoxy) is 3. The molecule has 1 N–H and O–H groups in total. The first-order chi connectivity index (χ1) is 11.7. The van der Waals surface area contributed by atoms with E-state index in [-0.39, 0.29) is 12.5 Å². The molecule has 0 atom stereocenters. The summed E-state index contributed by atoms with van der Waals surface area (Å²) in [5.74, 6) is 1.48. The lowest BCUT2D eigenvalue weighted by Gasteiger charge is -2.19. The van der Waals surface area contributed by atoms with E-state index in [1.165, 1.54) is 6.21 Å². The molecule has 2 aromatic rings. The summed E-state index contributed by atoms with van der Waals surface area (Å²) in [7, 11) is 0. The van der Waals surface area contributed by atoms with Crippen LogP contribution in [0.3, 0.4) is 0 Å². The first-order valence-electron chi connectivity index (χ1n) is 7.31. The Hall–Kier alpha value is -2.73. The topological polar surface area (TPSA) is 69.2 Å². The van der Waals surface area contributed by atoms with E-state index >= 15 is 0 Å². The average molecular weight is 347 g/mol. The normalized spacial score (nSPS) is 12.9. The quantitative estimate of drug-likeness (QED) is 0.667. The fourth-order valence-corrected chi connectivity index (χ4v) is 2.21. The molecule has 1 heterocycles. The van der Waals surface area contributed by atoms with Gasteiger partial charge >= 0.3 is 0 Å². The standard InChI is InChI=1S/C17H15ClN2O4/c18-13-4-6-14(7-5-13)24-11-16(21)20-19-10-12-2-1-3-15-17(12)23-9-8-22-15/h1-7,10H,8-9,11H2,(H,20,21)/b19-10-. The first kappa shape index (κ1) is 16.1. The van der Waals surface area contributed by atoms with Gasteiger partial charge < -0.3 is 14.2 Å². The Balaban J connectivity index is 1.52. The number of carbonyl (C=O) groups excluding carboxylic acids is 1. The number of para-hydroxylation sites is 1. The molecule has 0 aliphatic carbocycles. The second-order valence-corrected chi connectivity index (χ2v) is 5.34. The number of benzene rings is 2. The van der Waals surface area contributed by atoms with Crippen molar-refractivity contribution in [3.63, 3.8) is 0 Å². The molecule has 1 amide bonds. The fraction of sp³-hybridized carbons (Fsp3) is 0.176. The molecular formula is C17H15ClN2O4. The number of rotatable bonds is 5. The maximum atomic E-state index is 11.7. The third-order valence-corrected chi connectivity index (χ3v) is 3.43. The Kier molecular flexibility index (Phi) is 5.18. The van der Waals surface area contributed by atoms with Crippen LogP contribution < -0.4 is 19.6 Å². The summed E-state index contributed by atoms with van der Waals surface area (Å²) in [6.07, 6.45) is 1.51. The predicted octanol–water partition coefficient (Wildman–Crippen LogP) is 2.64. The maximum absolute atomic E-state index is 11.7. The number of hydrogen-bond donors (Lipinski definition) is 1. The third-order valence-electron chi connectivity index (χ3n) is 3.17. The van der Waals surface area contributed by atoms with Crippen LogP contribution >= 0.6 is 11.6 Å². The Morgan fingerprint density at radius 3 is 2.83 bits per heavy atom. The van der Waals surface area contributed by atoms with Crippen molar-refractivity contribution >= 4 is 23.7 Å². The van der Waals surface area contributed by atoms with Crippen molar-refractivity contribution in [2.75, 3.05) is 19.8 Å². The molecule has 7 heteroatoms. The average Bonchev–Trinajstić information content (AvgIpc) is 2.61. The minimum Gasteiger partial charge on any atom is -0.486 e. The first-order valence-corrected chi connectivity index (χ1v) is 7.69. The SMILES string of the molecule is O=C(COc1ccc(Cl)cc1)N/N=C\c1cccc2c1OCCO2. The lowest BCUT2D eigenvalue weighted by Crippen LogP contribution is -2.24. The van der Waals surface area contributed by atoms with E-state index in [0.717, 1.165) is 5.56 Å². The molecule has 6 nitrogen and oxygen atoms in total. The van der Waals surface area contributed by atoms with Crippen LogP contribution in [-0.2, 0) is 4.79 Å². The Labute approximate surface area is 144 Å². The highest BCUT2D eigenvalue weighted by atomic mass is 35.5. The number of amides is 1. The van der Waals surface area contributed by atoms with Crippen molar-refractivity contribution in [2.45, 2.75) is 0 Å². The number of hydrogen-bond acceptors (Lipinski definition) is 5. The molecule has 0 unspecified atom stereocenters. The molecule has 0 fully saturated rings. The van der Waals surface area contributed by atoms with Crippen LogP contribution in [0, 0.1) is 0 Å². The van der Waals surface area contributed by atoms with E-state index in [2.05, 4.69) is 10.5 Å². The highest BCUT2D eigenvalue weighted by molar-refractivity contribution is 6.30. The third kappa shape index (κ3) is 4.17. The van der Waals surface area contributed by atoms with Gasteiger partial charge in [-0.15, -0.1) is 0 Å². The van der Waals surface area contributed by atoms with Crippen molar-refractivity contribution < 1.29 is 19.0 Å². The van der Waals surface area contributed by atoms with E-state index in [0.29, 0.717) is 35.5 Å². The second-order valence-electron chi connectivity index (χ2n) is 4.91. The van der Waals surface area contributed by atoms with Crippen LogP contribution in [0.4, 0.5) is 0 Å². The molecule has 2 aromatic carbocycles. The summed E-state index contributed by atoms with van der Waals surface area (Å²) in [5, 5.41) is 4.52. The molecule has 0 aromatic heterocycles. The van der Waals surface area contributed by atoms with Gasteiger partial charge in [0.1, 0.15) is 19.0 Å². The summed E-state index contributed by atoms with van der Waals surface area (Å²) in [6, 6.07) is 12.2. The Bertz CT molecular complexity index is 747. The van der Waals surface area contributed by atoms with E-state index in [4.69, 9.17) is 25.8 Å². The van der Waals surface area contributed by atoms with Crippen molar-refractivity contribution in [2.24, 2.45) is 5.10 Å². The molecule has 0 saturated carbocycles. The van der Waals surface area contributed by atoms with Gasteiger partial charge in [-0.2, -0.15) is 5.10 Å². The van der Waals surface area contributed by atoms with Crippen LogP contribution in [0.2, 0.25) is 5.02 Å². The van der Waals surface area contributed by atoms with Gasteiger partial charge in [-0.25, -0.2) is 5.43 Å². The van der Waals surface area contributed by atoms with E-state index in [9.17, 15) is 4.79 Å². The molecule has 0 bridgehead atoms. The van der Waals surface area contributed by atoms with E-state index < -0.39 is 0 Å². The fourth-order valence-electron chi connectivity index (χ4n) is 2.08. The van der Waals surface area contributed by atoms with Gasteiger partial charge in [0.25, 0.3) is 5.91 Å². The van der Waals surface area contributed by atoms with Crippen LogP contribution in [-0.4, -0.2) is 31.9 Å².